The maximum absolute atomic E-state index is 13.5. The Morgan fingerprint density at radius 3 is 2.70 bits per heavy atom. The van der Waals surface area contributed by atoms with Crippen LogP contribution in [0.4, 0.5) is 15.8 Å². The molecule has 1 aromatic carbocycles. The number of benzene rings is 1. The normalized spacial score (nSPS) is 16.4. The number of nitrogens with zero attached hydrogens (tertiary/aromatic N) is 1. The van der Waals surface area contributed by atoms with E-state index < -0.39 is 10.7 Å². The van der Waals surface area contributed by atoms with Crippen molar-refractivity contribution >= 4 is 23.1 Å². The van der Waals surface area contributed by atoms with Gasteiger partial charge >= 0.3 is 0 Å². The summed E-state index contributed by atoms with van der Waals surface area (Å²) < 4.78 is 18.6. The van der Waals surface area contributed by atoms with Gasteiger partial charge in [0.2, 0.25) is 0 Å². The second-order valence-electron chi connectivity index (χ2n) is 4.86. The zero-order valence-electron chi connectivity index (χ0n) is 11.4. The van der Waals surface area contributed by atoms with Crippen molar-refractivity contribution in [2.75, 3.05) is 25.2 Å². The number of ether oxygens (including phenoxy) is 1. The van der Waals surface area contributed by atoms with Gasteiger partial charge in [0.25, 0.3) is 5.69 Å². The maximum atomic E-state index is 13.5. The van der Waals surface area contributed by atoms with E-state index >= 15 is 0 Å². The molecule has 1 N–H and O–H groups in total. The molecule has 1 fully saturated rings. The smallest absolute Gasteiger partial charge is 0.295 e. The van der Waals surface area contributed by atoms with Crippen molar-refractivity contribution in [2.24, 2.45) is 0 Å². The van der Waals surface area contributed by atoms with Crippen LogP contribution in [0.5, 0.6) is 5.75 Å². The second kappa shape index (κ2) is 5.87. The lowest BCUT2D eigenvalue weighted by Crippen LogP contribution is -2.40. The third kappa shape index (κ3) is 2.82. The Bertz CT molecular complexity index is 515. The van der Waals surface area contributed by atoms with E-state index in [9.17, 15) is 14.5 Å². The standard InChI is InChI=1S/C13H17FN2O3S/c1-19-12-7-10(11(16(17)18)6-9(12)14)15-8-13(20-2)4-3-5-13/h6-7,15H,3-5,8H2,1-2H3. The van der Waals surface area contributed by atoms with Gasteiger partial charge in [-0.3, -0.25) is 10.1 Å². The number of thioether (sulfide) groups is 1. The summed E-state index contributed by atoms with van der Waals surface area (Å²) in [6.07, 6.45) is 5.40. The summed E-state index contributed by atoms with van der Waals surface area (Å²) in [5.41, 5.74) is 0.0347. The van der Waals surface area contributed by atoms with Crippen LogP contribution in [0, 0.1) is 15.9 Å². The minimum absolute atomic E-state index is 0.00455. The summed E-state index contributed by atoms with van der Waals surface area (Å²) in [4.78, 5) is 10.4. The van der Waals surface area contributed by atoms with E-state index in [4.69, 9.17) is 4.74 Å². The van der Waals surface area contributed by atoms with Crippen LogP contribution in [0.25, 0.3) is 0 Å². The van der Waals surface area contributed by atoms with Gasteiger partial charge in [-0.25, -0.2) is 4.39 Å². The molecule has 110 valence electrons. The molecule has 0 bridgehead atoms. The Kier molecular flexibility index (Phi) is 4.37. The quantitative estimate of drug-likeness (QED) is 0.644. The summed E-state index contributed by atoms with van der Waals surface area (Å²) in [5.74, 6) is -0.724. The van der Waals surface area contributed by atoms with Crippen molar-refractivity contribution < 1.29 is 14.1 Å². The molecule has 0 heterocycles. The number of nitro groups is 1. The SMILES string of the molecule is COc1cc(NCC2(SC)CCC2)c([N+](=O)[O-])cc1F. The van der Waals surface area contributed by atoms with Crippen LogP contribution in [0.3, 0.4) is 0 Å². The average Bonchev–Trinajstić information content (AvgIpc) is 2.38. The van der Waals surface area contributed by atoms with Crippen molar-refractivity contribution in [3.8, 4) is 5.75 Å². The Hall–Kier alpha value is -1.50. The van der Waals surface area contributed by atoms with Gasteiger partial charge in [-0.15, -0.1) is 0 Å². The molecule has 1 aliphatic carbocycles. The first-order valence-electron chi connectivity index (χ1n) is 6.32. The van der Waals surface area contributed by atoms with Gasteiger partial charge in [-0.2, -0.15) is 11.8 Å². The van der Waals surface area contributed by atoms with Gasteiger partial charge in [-0.05, 0) is 19.1 Å². The van der Waals surface area contributed by atoms with Crippen LogP contribution in [-0.4, -0.2) is 29.6 Å². The highest BCUT2D eigenvalue weighted by Crippen LogP contribution is 2.43. The van der Waals surface area contributed by atoms with Gasteiger partial charge in [0.15, 0.2) is 11.6 Å². The van der Waals surface area contributed by atoms with E-state index in [1.165, 1.54) is 19.6 Å². The van der Waals surface area contributed by atoms with Gasteiger partial charge in [0, 0.05) is 17.4 Å². The summed E-state index contributed by atoms with van der Waals surface area (Å²) >= 11 is 1.77. The Labute approximate surface area is 121 Å². The number of halogens is 1. The third-order valence-electron chi connectivity index (χ3n) is 3.77. The number of nitro benzene ring substituents is 1. The van der Waals surface area contributed by atoms with Gasteiger partial charge in [0.05, 0.1) is 18.1 Å². The first-order valence-corrected chi connectivity index (χ1v) is 7.55. The number of hydrogen-bond donors (Lipinski definition) is 1. The molecule has 1 saturated carbocycles. The molecule has 0 aliphatic heterocycles. The fourth-order valence-corrected chi connectivity index (χ4v) is 3.19. The van der Waals surface area contributed by atoms with Crippen LogP contribution >= 0.6 is 11.8 Å². The van der Waals surface area contributed by atoms with Crippen LogP contribution in [0.15, 0.2) is 12.1 Å². The number of hydrogen-bond acceptors (Lipinski definition) is 5. The van der Waals surface area contributed by atoms with E-state index in [0.717, 1.165) is 18.9 Å². The highest BCUT2D eigenvalue weighted by Gasteiger charge is 2.36. The molecule has 0 atom stereocenters. The second-order valence-corrected chi connectivity index (χ2v) is 6.13. The summed E-state index contributed by atoms with van der Waals surface area (Å²) in [6.45, 7) is 0.629. The van der Waals surface area contributed by atoms with Gasteiger partial charge in [0.1, 0.15) is 5.69 Å². The van der Waals surface area contributed by atoms with E-state index in [0.29, 0.717) is 12.2 Å². The zero-order chi connectivity index (χ0) is 14.8. The average molecular weight is 300 g/mol. The Morgan fingerprint density at radius 2 is 2.25 bits per heavy atom. The van der Waals surface area contributed by atoms with Crippen molar-refractivity contribution in [3.63, 3.8) is 0 Å². The largest absolute Gasteiger partial charge is 0.494 e. The first kappa shape index (κ1) is 14.9. The molecule has 20 heavy (non-hydrogen) atoms. The van der Waals surface area contributed by atoms with Crippen LogP contribution in [0.2, 0.25) is 0 Å². The van der Waals surface area contributed by atoms with Crippen LogP contribution in [-0.2, 0) is 0 Å². The molecule has 5 nitrogen and oxygen atoms in total. The zero-order valence-corrected chi connectivity index (χ0v) is 12.3. The fourth-order valence-electron chi connectivity index (χ4n) is 2.27. The molecule has 0 unspecified atom stereocenters. The van der Waals surface area contributed by atoms with E-state index in [1.807, 2.05) is 6.26 Å². The van der Waals surface area contributed by atoms with Crippen LogP contribution < -0.4 is 10.1 Å². The van der Waals surface area contributed by atoms with Gasteiger partial charge < -0.3 is 10.1 Å². The third-order valence-corrected chi connectivity index (χ3v) is 5.18. The fraction of sp³-hybridized carbons (Fsp3) is 0.538. The van der Waals surface area contributed by atoms with Gasteiger partial charge in [-0.1, -0.05) is 6.42 Å². The number of methoxy groups -OCH3 is 1. The predicted octanol–water partition coefficient (Wildman–Crippen LogP) is 3.44. The van der Waals surface area contributed by atoms with E-state index in [-0.39, 0.29) is 16.2 Å². The molecule has 2 rings (SSSR count). The minimum Gasteiger partial charge on any atom is -0.494 e. The monoisotopic (exact) mass is 300 g/mol. The molecule has 1 aliphatic rings. The van der Waals surface area contributed by atoms with Crippen LogP contribution in [0.1, 0.15) is 19.3 Å². The van der Waals surface area contributed by atoms with Crippen molar-refractivity contribution in [2.45, 2.75) is 24.0 Å². The minimum atomic E-state index is -0.729. The molecular weight excluding hydrogens is 283 g/mol. The van der Waals surface area contributed by atoms with Crippen molar-refractivity contribution in [1.82, 2.24) is 0 Å². The van der Waals surface area contributed by atoms with Crippen molar-refractivity contribution in [1.29, 1.82) is 0 Å². The lowest BCUT2D eigenvalue weighted by Gasteiger charge is -2.40. The Balaban J connectivity index is 2.22. The van der Waals surface area contributed by atoms with E-state index in [1.54, 1.807) is 11.8 Å². The molecule has 1 aromatic rings. The highest BCUT2D eigenvalue weighted by molar-refractivity contribution is 8.00. The summed E-state index contributed by atoms with van der Waals surface area (Å²) in [7, 11) is 1.34. The van der Waals surface area contributed by atoms with Crippen molar-refractivity contribution in [3.05, 3.63) is 28.1 Å². The molecule has 0 spiro atoms. The highest BCUT2D eigenvalue weighted by atomic mass is 32.2. The summed E-state index contributed by atoms with van der Waals surface area (Å²) in [6, 6.07) is 2.24. The Morgan fingerprint density at radius 1 is 1.55 bits per heavy atom. The molecule has 0 radical (unpaired) electrons. The number of anilines is 1. The molecule has 0 saturated heterocycles. The predicted molar refractivity (Wildman–Crippen MR) is 78.2 cm³/mol. The molecule has 0 amide bonds. The first-order chi connectivity index (χ1) is 9.51. The lowest BCUT2D eigenvalue weighted by atomic mass is 9.84. The molecular formula is C13H17FN2O3S. The van der Waals surface area contributed by atoms with E-state index in [2.05, 4.69) is 5.32 Å². The maximum Gasteiger partial charge on any atom is 0.295 e. The topological polar surface area (TPSA) is 64.4 Å². The molecule has 7 heteroatoms. The summed E-state index contributed by atoms with van der Waals surface area (Å²) in [5, 5.41) is 14.1. The number of rotatable bonds is 6. The lowest BCUT2D eigenvalue weighted by molar-refractivity contribution is -0.384. The molecule has 0 aromatic heterocycles. The number of nitrogens with one attached hydrogen (secondary N) is 1.